The van der Waals surface area contributed by atoms with Gasteiger partial charge < -0.3 is 4.57 Å². The topological polar surface area (TPSA) is 62.6 Å². The highest BCUT2D eigenvalue weighted by Gasteiger charge is 2.38. The van der Waals surface area contributed by atoms with Gasteiger partial charge in [-0.25, -0.2) is 4.79 Å². The van der Waals surface area contributed by atoms with E-state index < -0.39 is 17.8 Å². The van der Waals surface area contributed by atoms with Gasteiger partial charge in [0.2, 0.25) is 0 Å². The lowest BCUT2D eigenvalue weighted by Crippen LogP contribution is -2.52. The average Bonchev–Trinajstić information content (AvgIpc) is 2.91. The van der Waals surface area contributed by atoms with Gasteiger partial charge in [0, 0.05) is 30.5 Å². The molecule has 2 heterocycles. The van der Waals surface area contributed by atoms with E-state index in [4.69, 9.17) is 23.2 Å². The molecule has 0 saturated carbocycles. The summed E-state index contributed by atoms with van der Waals surface area (Å²) in [6.45, 7) is 3.74. The van der Waals surface area contributed by atoms with E-state index in [9.17, 15) is 14.4 Å². The number of likely N-dealkylation sites (N-methyl/N-ethyl adjacent to an activating group) is 2. The van der Waals surface area contributed by atoms with Gasteiger partial charge in [0.15, 0.2) is 0 Å². The van der Waals surface area contributed by atoms with Crippen LogP contribution in [0.15, 0.2) is 29.8 Å². The van der Waals surface area contributed by atoms with Crippen LogP contribution in [-0.2, 0) is 9.59 Å². The molecule has 0 unspecified atom stereocenters. The van der Waals surface area contributed by atoms with Gasteiger partial charge in [-0.3, -0.25) is 19.4 Å². The minimum atomic E-state index is -0.654. The average molecular weight is 406 g/mol. The van der Waals surface area contributed by atoms with Crippen molar-refractivity contribution < 1.29 is 14.4 Å². The number of aryl methyl sites for hydroxylation is 1. The first-order chi connectivity index (χ1) is 12.6. The quantitative estimate of drug-likeness (QED) is 0.563. The SMILES string of the molecule is Cc1cc(C=C2C(=O)N(C)C(=O)N(C)C2=O)c(C)n1-c1cc(Cl)ccc1Cl. The first-order valence-electron chi connectivity index (χ1n) is 8.09. The van der Waals surface area contributed by atoms with Crippen LogP contribution in [0.1, 0.15) is 17.0 Å². The van der Waals surface area contributed by atoms with Crippen molar-refractivity contribution in [1.29, 1.82) is 0 Å². The van der Waals surface area contributed by atoms with Gasteiger partial charge in [0.05, 0.1) is 10.7 Å². The Morgan fingerprint density at radius 1 is 0.926 bits per heavy atom. The molecule has 8 heteroatoms. The lowest BCUT2D eigenvalue weighted by Gasteiger charge is -2.28. The minimum Gasteiger partial charge on any atom is -0.316 e. The van der Waals surface area contributed by atoms with E-state index in [0.29, 0.717) is 21.3 Å². The number of carbonyl (C=O) groups is 3. The maximum atomic E-state index is 12.4. The maximum Gasteiger partial charge on any atom is 0.333 e. The largest absolute Gasteiger partial charge is 0.333 e. The van der Waals surface area contributed by atoms with Gasteiger partial charge in [-0.05, 0) is 49.8 Å². The molecule has 0 N–H and O–H groups in total. The number of aromatic nitrogens is 1. The van der Waals surface area contributed by atoms with Crippen molar-refractivity contribution in [3.8, 4) is 5.69 Å². The molecule has 27 heavy (non-hydrogen) atoms. The molecule has 3 rings (SSSR count). The van der Waals surface area contributed by atoms with Gasteiger partial charge in [-0.1, -0.05) is 23.2 Å². The number of imide groups is 2. The third-order valence-corrected chi connectivity index (χ3v) is 5.12. The summed E-state index contributed by atoms with van der Waals surface area (Å²) in [5, 5.41) is 1.07. The summed E-state index contributed by atoms with van der Waals surface area (Å²) in [5.74, 6) is -1.26. The molecular weight excluding hydrogens is 389 g/mol. The number of amides is 4. The number of halogens is 2. The fraction of sp³-hybridized carbons (Fsp3) is 0.211. The van der Waals surface area contributed by atoms with Crippen LogP contribution in [-0.4, -0.2) is 46.3 Å². The molecule has 1 fully saturated rings. The Labute approximate surface area is 166 Å². The number of carbonyl (C=O) groups excluding carboxylic acids is 3. The Kier molecular flexibility index (Phi) is 4.88. The van der Waals surface area contributed by atoms with Crippen LogP contribution in [0.5, 0.6) is 0 Å². The van der Waals surface area contributed by atoms with E-state index in [-0.39, 0.29) is 5.57 Å². The summed E-state index contributed by atoms with van der Waals surface area (Å²) in [6.07, 6.45) is 1.50. The summed E-state index contributed by atoms with van der Waals surface area (Å²) in [5.41, 5.74) is 2.95. The molecule has 0 atom stereocenters. The van der Waals surface area contributed by atoms with Crippen LogP contribution in [0.2, 0.25) is 10.0 Å². The summed E-state index contributed by atoms with van der Waals surface area (Å²) in [6, 6.07) is 6.35. The second kappa shape index (κ2) is 6.87. The molecule has 1 saturated heterocycles. The van der Waals surface area contributed by atoms with Gasteiger partial charge in [0.1, 0.15) is 5.57 Å². The summed E-state index contributed by atoms with van der Waals surface area (Å²) < 4.78 is 1.90. The zero-order valence-electron chi connectivity index (χ0n) is 15.2. The van der Waals surface area contributed by atoms with Crippen molar-refractivity contribution in [1.82, 2.24) is 14.4 Å². The molecule has 2 aromatic rings. The van der Waals surface area contributed by atoms with Crippen LogP contribution < -0.4 is 0 Å². The molecule has 1 aliphatic heterocycles. The number of urea groups is 1. The first kappa shape index (κ1) is 19.2. The normalized spacial score (nSPS) is 15.0. The van der Waals surface area contributed by atoms with Gasteiger partial charge in [0.25, 0.3) is 11.8 Å². The first-order valence-corrected chi connectivity index (χ1v) is 8.85. The van der Waals surface area contributed by atoms with E-state index >= 15 is 0 Å². The highest BCUT2D eigenvalue weighted by atomic mass is 35.5. The standard InChI is InChI=1S/C19H17Cl2N3O3/c1-10-7-12(8-14-17(25)22(3)19(27)23(4)18(14)26)11(2)24(10)16-9-13(20)5-6-15(16)21/h5-9H,1-4H3. The minimum absolute atomic E-state index is 0.0722. The molecule has 1 aromatic heterocycles. The fourth-order valence-corrected chi connectivity index (χ4v) is 3.46. The molecule has 0 radical (unpaired) electrons. The highest BCUT2D eigenvalue weighted by molar-refractivity contribution is 6.34. The number of hydrogen-bond acceptors (Lipinski definition) is 3. The third-order valence-electron chi connectivity index (χ3n) is 4.56. The molecule has 0 spiro atoms. The summed E-state index contributed by atoms with van der Waals surface area (Å²) in [7, 11) is 2.69. The van der Waals surface area contributed by atoms with Crippen molar-refractivity contribution >= 4 is 47.1 Å². The Morgan fingerprint density at radius 3 is 2.11 bits per heavy atom. The lowest BCUT2D eigenvalue weighted by atomic mass is 10.1. The van der Waals surface area contributed by atoms with Crippen molar-refractivity contribution in [3.63, 3.8) is 0 Å². The highest BCUT2D eigenvalue weighted by Crippen LogP contribution is 2.30. The van der Waals surface area contributed by atoms with Crippen LogP contribution in [0.3, 0.4) is 0 Å². The summed E-state index contributed by atoms with van der Waals surface area (Å²) in [4.78, 5) is 38.5. The number of nitrogens with zero attached hydrogens (tertiary/aromatic N) is 3. The van der Waals surface area contributed by atoms with E-state index in [2.05, 4.69) is 0 Å². The van der Waals surface area contributed by atoms with Crippen LogP contribution >= 0.6 is 23.2 Å². The van der Waals surface area contributed by atoms with E-state index in [1.165, 1.54) is 20.2 Å². The molecule has 6 nitrogen and oxygen atoms in total. The van der Waals surface area contributed by atoms with Crippen molar-refractivity contribution in [2.75, 3.05) is 14.1 Å². The summed E-state index contributed by atoms with van der Waals surface area (Å²) >= 11 is 12.4. The number of benzene rings is 1. The van der Waals surface area contributed by atoms with Crippen molar-refractivity contribution in [2.45, 2.75) is 13.8 Å². The van der Waals surface area contributed by atoms with E-state index in [1.807, 2.05) is 24.5 Å². The Balaban J connectivity index is 2.13. The predicted molar refractivity (Wildman–Crippen MR) is 104 cm³/mol. The number of hydrogen-bond donors (Lipinski definition) is 0. The maximum absolute atomic E-state index is 12.4. The smallest absolute Gasteiger partial charge is 0.316 e. The van der Waals surface area contributed by atoms with Crippen molar-refractivity contribution in [2.24, 2.45) is 0 Å². The molecule has 140 valence electrons. The Bertz CT molecular complexity index is 997. The second-order valence-electron chi connectivity index (χ2n) is 6.33. The predicted octanol–water partition coefficient (Wildman–Crippen LogP) is 3.83. The van der Waals surface area contributed by atoms with Gasteiger partial charge in [-0.15, -0.1) is 0 Å². The van der Waals surface area contributed by atoms with Gasteiger partial charge >= 0.3 is 6.03 Å². The second-order valence-corrected chi connectivity index (χ2v) is 7.17. The molecule has 0 aliphatic carbocycles. The lowest BCUT2D eigenvalue weighted by molar-refractivity contribution is -0.134. The molecule has 0 bridgehead atoms. The third kappa shape index (κ3) is 3.15. The zero-order valence-corrected chi connectivity index (χ0v) is 16.7. The number of rotatable bonds is 2. The van der Waals surface area contributed by atoms with Crippen LogP contribution in [0.4, 0.5) is 4.79 Å². The van der Waals surface area contributed by atoms with E-state index in [1.54, 1.807) is 18.2 Å². The van der Waals surface area contributed by atoms with Gasteiger partial charge in [-0.2, -0.15) is 0 Å². The molecule has 1 aromatic carbocycles. The van der Waals surface area contributed by atoms with Crippen molar-refractivity contribution in [3.05, 3.63) is 56.8 Å². The molecule has 4 amide bonds. The number of barbiturate groups is 1. The van der Waals surface area contributed by atoms with E-state index in [0.717, 1.165) is 21.2 Å². The monoisotopic (exact) mass is 405 g/mol. The molecular formula is C19H17Cl2N3O3. The fourth-order valence-electron chi connectivity index (χ4n) is 3.09. The Hall–Kier alpha value is -2.57. The molecule has 1 aliphatic rings. The Morgan fingerprint density at radius 2 is 1.52 bits per heavy atom. The van der Waals surface area contributed by atoms with Crippen LogP contribution in [0.25, 0.3) is 11.8 Å². The van der Waals surface area contributed by atoms with Crippen LogP contribution in [0, 0.1) is 13.8 Å². The zero-order chi connectivity index (χ0) is 20.0.